The molecule has 0 unspecified atom stereocenters. The standard InChI is InChI=1S/C9H9N3O/c1-13-7-2-3-10-8(6-7)9-11-4-5-12-9/h2-6H,1H3,(H,11,12). The summed E-state index contributed by atoms with van der Waals surface area (Å²) in [6.07, 6.45) is 5.14. The number of methoxy groups -OCH3 is 1. The lowest BCUT2D eigenvalue weighted by Crippen LogP contribution is -1.88. The fraction of sp³-hybridized carbons (Fsp3) is 0.111. The predicted molar refractivity (Wildman–Crippen MR) is 48.4 cm³/mol. The van der Waals surface area contributed by atoms with Gasteiger partial charge in [0, 0.05) is 24.7 Å². The van der Waals surface area contributed by atoms with Crippen molar-refractivity contribution < 1.29 is 4.74 Å². The van der Waals surface area contributed by atoms with Crippen molar-refractivity contribution in [1.82, 2.24) is 15.0 Å². The van der Waals surface area contributed by atoms with E-state index < -0.39 is 0 Å². The van der Waals surface area contributed by atoms with Crippen molar-refractivity contribution >= 4 is 0 Å². The molecular formula is C9H9N3O. The van der Waals surface area contributed by atoms with E-state index in [1.807, 2.05) is 6.07 Å². The number of pyridine rings is 1. The summed E-state index contributed by atoms with van der Waals surface area (Å²) in [6.45, 7) is 0. The molecule has 0 aliphatic rings. The molecule has 0 saturated carbocycles. The lowest BCUT2D eigenvalue weighted by molar-refractivity contribution is 0.414. The highest BCUT2D eigenvalue weighted by molar-refractivity contribution is 5.51. The highest BCUT2D eigenvalue weighted by atomic mass is 16.5. The van der Waals surface area contributed by atoms with Crippen LogP contribution in [-0.4, -0.2) is 22.1 Å². The molecule has 2 aromatic heterocycles. The van der Waals surface area contributed by atoms with Gasteiger partial charge in [0.1, 0.15) is 11.4 Å². The van der Waals surface area contributed by atoms with Gasteiger partial charge in [-0.25, -0.2) is 4.98 Å². The van der Waals surface area contributed by atoms with E-state index in [1.54, 1.807) is 31.8 Å². The van der Waals surface area contributed by atoms with Crippen LogP contribution in [0.1, 0.15) is 0 Å². The molecule has 0 aromatic carbocycles. The Morgan fingerprint density at radius 1 is 1.31 bits per heavy atom. The molecule has 66 valence electrons. The maximum atomic E-state index is 5.07. The van der Waals surface area contributed by atoms with Crippen molar-refractivity contribution in [2.45, 2.75) is 0 Å². The maximum Gasteiger partial charge on any atom is 0.156 e. The third-order valence-corrected chi connectivity index (χ3v) is 1.71. The van der Waals surface area contributed by atoms with Gasteiger partial charge in [-0.2, -0.15) is 0 Å². The van der Waals surface area contributed by atoms with Crippen molar-refractivity contribution in [3.8, 4) is 17.3 Å². The summed E-state index contributed by atoms with van der Waals surface area (Å²) < 4.78 is 5.07. The second kappa shape index (κ2) is 3.26. The van der Waals surface area contributed by atoms with Crippen LogP contribution in [0.4, 0.5) is 0 Å². The van der Waals surface area contributed by atoms with Crippen LogP contribution in [0.15, 0.2) is 30.7 Å². The normalized spacial score (nSPS) is 9.92. The van der Waals surface area contributed by atoms with Crippen LogP contribution < -0.4 is 4.74 Å². The Balaban J connectivity index is 2.41. The van der Waals surface area contributed by atoms with Crippen LogP contribution in [0, 0.1) is 0 Å². The van der Waals surface area contributed by atoms with E-state index in [4.69, 9.17) is 4.74 Å². The van der Waals surface area contributed by atoms with Gasteiger partial charge in [0.15, 0.2) is 5.82 Å². The summed E-state index contributed by atoms with van der Waals surface area (Å²) in [5, 5.41) is 0. The zero-order chi connectivity index (χ0) is 9.10. The molecule has 0 saturated heterocycles. The Morgan fingerprint density at radius 3 is 2.92 bits per heavy atom. The molecule has 0 spiro atoms. The van der Waals surface area contributed by atoms with Gasteiger partial charge in [0.2, 0.25) is 0 Å². The third-order valence-electron chi connectivity index (χ3n) is 1.71. The number of H-pyrrole nitrogens is 1. The maximum absolute atomic E-state index is 5.07. The first-order valence-electron chi connectivity index (χ1n) is 3.90. The summed E-state index contributed by atoms with van der Waals surface area (Å²) >= 11 is 0. The Labute approximate surface area is 75.6 Å². The van der Waals surface area contributed by atoms with Crippen molar-refractivity contribution in [2.24, 2.45) is 0 Å². The molecule has 0 amide bonds. The van der Waals surface area contributed by atoms with E-state index in [1.165, 1.54) is 0 Å². The van der Waals surface area contributed by atoms with Gasteiger partial charge in [-0.1, -0.05) is 0 Å². The van der Waals surface area contributed by atoms with Gasteiger partial charge in [-0.05, 0) is 6.07 Å². The van der Waals surface area contributed by atoms with Crippen LogP contribution in [0.2, 0.25) is 0 Å². The van der Waals surface area contributed by atoms with E-state index >= 15 is 0 Å². The van der Waals surface area contributed by atoms with E-state index in [-0.39, 0.29) is 0 Å². The van der Waals surface area contributed by atoms with E-state index in [0.717, 1.165) is 17.3 Å². The first-order valence-corrected chi connectivity index (χ1v) is 3.90. The zero-order valence-corrected chi connectivity index (χ0v) is 7.19. The Kier molecular flexibility index (Phi) is 1.96. The Hall–Kier alpha value is -1.84. The SMILES string of the molecule is COc1ccnc(-c2ncc[nH]2)c1. The van der Waals surface area contributed by atoms with Gasteiger partial charge < -0.3 is 9.72 Å². The number of nitrogens with one attached hydrogen (secondary N) is 1. The number of ether oxygens (including phenoxy) is 1. The summed E-state index contributed by atoms with van der Waals surface area (Å²) in [7, 11) is 1.63. The molecule has 4 heteroatoms. The van der Waals surface area contributed by atoms with Crippen LogP contribution in [-0.2, 0) is 0 Å². The molecule has 1 N–H and O–H groups in total. The number of nitrogens with zero attached hydrogens (tertiary/aromatic N) is 2. The molecule has 0 atom stereocenters. The topological polar surface area (TPSA) is 50.8 Å². The molecule has 0 aliphatic carbocycles. The second-order valence-electron chi connectivity index (χ2n) is 2.52. The van der Waals surface area contributed by atoms with Crippen LogP contribution >= 0.6 is 0 Å². The average Bonchev–Trinajstić information content (AvgIpc) is 2.71. The molecule has 0 fully saturated rings. The van der Waals surface area contributed by atoms with Crippen molar-refractivity contribution in [2.75, 3.05) is 7.11 Å². The van der Waals surface area contributed by atoms with Gasteiger partial charge >= 0.3 is 0 Å². The van der Waals surface area contributed by atoms with Crippen LogP contribution in [0.5, 0.6) is 5.75 Å². The van der Waals surface area contributed by atoms with E-state index in [0.29, 0.717) is 0 Å². The lowest BCUT2D eigenvalue weighted by atomic mass is 10.3. The fourth-order valence-electron chi connectivity index (χ4n) is 1.07. The minimum absolute atomic E-state index is 0.749. The second-order valence-corrected chi connectivity index (χ2v) is 2.52. The monoisotopic (exact) mass is 175 g/mol. The van der Waals surface area contributed by atoms with E-state index in [9.17, 15) is 0 Å². The van der Waals surface area contributed by atoms with Crippen LogP contribution in [0.25, 0.3) is 11.5 Å². The molecule has 4 nitrogen and oxygen atoms in total. The largest absolute Gasteiger partial charge is 0.497 e. The van der Waals surface area contributed by atoms with Crippen molar-refractivity contribution in [3.63, 3.8) is 0 Å². The number of imidazole rings is 1. The van der Waals surface area contributed by atoms with Crippen molar-refractivity contribution in [1.29, 1.82) is 0 Å². The quantitative estimate of drug-likeness (QED) is 0.752. The Bertz CT molecular complexity index is 384. The zero-order valence-electron chi connectivity index (χ0n) is 7.19. The highest BCUT2D eigenvalue weighted by Gasteiger charge is 2.01. The first kappa shape index (κ1) is 7.79. The Morgan fingerprint density at radius 2 is 2.23 bits per heavy atom. The highest BCUT2D eigenvalue weighted by Crippen LogP contribution is 2.16. The minimum atomic E-state index is 0.749. The van der Waals surface area contributed by atoms with Crippen LogP contribution in [0.3, 0.4) is 0 Å². The smallest absolute Gasteiger partial charge is 0.156 e. The molecule has 2 aromatic rings. The van der Waals surface area contributed by atoms with Gasteiger partial charge in [0.05, 0.1) is 7.11 Å². The third kappa shape index (κ3) is 1.51. The number of aromatic amines is 1. The predicted octanol–water partition coefficient (Wildman–Crippen LogP) is 1.48. The lowest BCUT2D eigenvalue weighted by Gasteiger charge is -2.00. The number of rotatable bonds is 2. The fourth-order valence-corrected chi connectivity index (χ4v) is 1.07. The van der Waals surface area contributed by atoms with E-state index in [2.05, 4.69) is 15.0 Å². The molecule has 0 aliphatic heterocycles. The van der Waals surface area contributed by atoms with Gasteiger partial charge in [-0.3, -0.25) is 4.98 Å². The molecule has 0 bridgehead atoms. The number of hydrogen-bond donors (Lipinski definition) is 1. The van der Waals surface area contributed by atoms with Gasteiger partial charge in [0.25, 0.3) is 0 Å². The summed E-state index contributed by atoms with van der Waals surface area (Å²) in [5.41, 5.74) is 0.782. The summed E-state index contributed by atoms with van der Waals surface area (Å²) in [5.74, 6) is 1.53. The van der Waals surface area contributed by atoms with Gasteiger partial charge in [-0.15, -0.1) is 0 Å². The summed E-state index contributed by atoms with van der Waals surface area (Å²) in [4.78, 5) is 11.2. The first-order chi connectivity index (χ1) is 6.40. The number of aromatic nitrogens is 3. The average molecular weight is 175 g/mol. The molecule has 0 radical (unpaired) electrons. The number of hydrogen-bond acceptors (Lipinski definition) is 3. The minimum Gasteiger partial charge on any atom is -0.497 e. The summed E-state index contributed by atoms with van der Waals surface area (Å²) in [6, 6.07) is 3.63. The van der Waals surface area contributed by atoms with Crippen molar-refractivity contribution in [3.05, 3.63) is 30.7 Å². The molecular weight excluding hydrogens is 166 g/mol. The molecule has 13 heavy (non-hydrogen) atoms. The molecule has 2 rings (SSSR count). The molecule has 2 heterocycles.